The lowest BCUT2D eigenvalue weighted by atomic mass is 10.3. The van der Waals surface area contributed by atoms with Gasteiger partial charge < -0.3 is 15.4 Å². The van der Waals surface area contributed by atoms with Gasteiger partial charge in [0.1, 0.15) is 0 Å². The number of nitrogens with zero attached hydrogens (tertiary/aromatic N) is 1. The van der Waals surface area contributed by atoms with Gasteiger partial charge in [-0.1, -0.05) is 11.6 Å². The van der Waals surface area contributed by atoms with Gasteiger partial charge >= 0.3 is 0 Å². The molecular formula is C12H17ClN2OS. The normalized spacial score (nSPS) is 21.6. The number of morpholine rings is 1. The van der Waals surface area contributed by atoms with E-state index < -0.39 is 0 Å². The van der Waals surface area contributed by atoms with Crippen LogP contribution in [-0.4, -0.2) is 43.5 Å². The second-order valence-electron chi connectivity index (χ2n) is 4.25. The summed E-state index contributed by atoms with van der Waals surface area (Å²) < 4.78 is 5.70. The van der Waals surface area contributed by atoms with Gasteiger partial charge in [-0.3, -0.25) is 0 Å². The molecule has 5 heteroatoms. The number of hydrogen-bond donors (Lipinski definition) is 1. The van der Waals surface area contributed by atoms with E-state index in [0.29, 0.717) is 5.02 Å². The van der Waals surface area contributed by atoms with E-state index in [-0.39, 0.29) is 6.10 Å². The Morgan fingerprint density at radius 3 is 3.12 bits per heavy atom. The molecule has 1 saturated heterocycles. The molecule has 2 rings (SSSR count). The zero-order valence-corrected chi connectivity index (χ0v) is 11.4. The first-order valence-electron chi connectivity index (χ1n) is 5.63. The molecule has 0 bridgehead atoms. The standard InChI is InChI=1S/C12H17ClN2OS/c1-15-4-5-16-10(7-15)8-17-12-3-2-9(13)6-11(12)14/h2-3,6,10H,4-5,7-8,14H2,1H3. The van der Waals surface area contributed by atoms with E-state index in [1.807, 2.05) is 12.1 Å². The molecule has 1 aromatic carbocycles. The molecule has 94 valence electrons. The van der Waals surface area contributed by atoms with Crippen molar-refractivity contribution in [2.45, 2.75) is 11.0 Å². The van der Waals surface area contributed by atoms with Crippen LogP contribution in [-0.2, 0) is 4.74 Å². The van der Waals surface area contributed by atoms with Gasteiger partial charge in [0, 0.05) is 34.4 Å². The minimum atomic E-state index is 0.286. The molecule has 0 spiro atoms. The number of rotatable bonds is 3. The molecular weight excluding hydrogens is 256 g/mol. The van der Waals surface area contributed by atoms with Crippen LogP contribution in [0.25, 0.3) is 0 Å². The predicted octanol–water partition coefficient (Wildman–Crippen LogP) is 2.34. The van der Waals surface area contributed by atoms with Gasteiger partial charge in [0.2, 0.25) is 0 Å². The highest BCUT2D eigenvalue weighted by Crippen LogP contribution is 2.28. The lowest BCUT2D eigenvalue weighted by Gasteiger charge is -2.29. The second-order valence-corrected chi connectivity index (χ2v) is 5.75. The van der Waals surface area contributed by atoms with Crippen LogP contribution in [0.3, 0.4) is 0 Å². The first kappa shape index (κ1) is 13.0. The van der Waals surface area contributed by atoms with Gasteiger partial charge in [-0.15, -0.1) is 11.8 Å². The summed E-state index contributed by atoms with van der Waals surface area (Å²) in [6.45, 7) is 2.82. The summed E-state index contributed by atoms with van der Waals surface area (Å²) in [5, 5.41) is 0.681. The molecule has 1 unspecified atom stereocenters. The van der Waals surface area contributed by atoms with Crippen molar-refractivity contribution in [3.63, 3.8) is 0 Å². The van der Waals surface area contributed by atoms with Crippen LogP contribution in [0.4, 0.5) is 5.69 Å². The fourth-order valence-corrected chi connectivity index (χ4v) is 2.94. The highest BCUT2D eigenvalue weighted by atomic mass is 35.5. The number of benzene rings is 1. The van der Waals surface area contributed by atoms with Crippen LogP contribution < -0.4 is 5.73 Å². The van der Waals surface area contributed by atoms with E-state index in [0.717, 1.165) is 36.0 Å². The van der Waals surface area contributed by atoms with E-state index in [1.165, 1.54) is 0 Å². The summed E-state index contributed by atoms with van der Waals surface area (Å²) in [6.07, 6.45) is 0.286. The number of likely N-dealkylation sites (N-methyl/N-ethyl adjacent to an activating group) is 1. The molecule has 0 radical (unpaired) electrons. The molecule has 1 heterocycles. The van der Waals surface area contributed by atoms with E-state index in [2.05, 4.69) is 11.9 Å². The number of hydrogen-bond acceptors (Lipinski definition) is 4. The third-order valence-corrected chi connectivity index (χ3v) is 4.19. The van der Waals surface area contributed by atoms with E-state index in [4.69, 9.17) is 22.1 Å². The Bertz CT molecular complexity index is 389. The SMILES string of the molecule is CN1CCOC(CSc2ccc(Cl)cc2N)C1. The Balaban J connectivity index is 1.88. The zero-order chi connectivity index (χ0) is 12.3. The summed E-state index contributed by atoms with van der Waals surface area (Å²) in [5.41, 5.74) is 6.65. The smallest absolute Gasteiger partial charge is 0.0796 e. The van der Waals surface area contributed by atoms with Crippen molar-refractivity contribution in [2.24, 2.45) is 0 Å². The molecule has 1 atom stereocenters. The molecule has 1 aliphatic heterocycles. The van der Waals surface area contributed by atoms with Crippen molar-refractivity contribution in [3.8, 4) is 0 Å². The summed E-state index contributed by atoms with van der Waals surface area (Å²) in [5.74, 6) is 0.927. The molecule has 1 aliphatic rings. The van der Waals surface area contributed by atoms with Gasteiger partial charge in [-0.05, 0) is 25.2 Å². The second kappa shape index (κ2) is 5.96. The van der Waals surface area contributed by atoms with Gasteiger partial charge in [0.15, 0.2) is 0 Å². The van der Waals surface area contributed by atoms with Crippen molar-refractivity contribution in [1.29, 1.82) is 0 Å². The highest BCUT2D eigenvalue weighted by Gasteiger charge is 2.18. The lowest BCUT2D eigenvalue weighted by molar-refractivity contribution is -0.00598. The maximum Gasteiger partial charge on any atom is 0.0796 e. The first-order chi connectivity index (χ1) is 8.15. The Kier molecular flexibility index (Phi) is 4.56. The van der Waals surface area contributed by atoms with Crippen molar-refractivity contribution < 1.29 is 4.74 Å². The summed E-state index contributed by atoms with van der Waals surface area (Å²) in [4.78, 5) is 3.37. The third kappa shape index (κ3) is 3.78. The third-order valence-electron chi connectivity index (χ3n) is 2.74. The Morgan fingerprint density at radius 2 is 2.41 bits per heavy atom. The number of nitrogens with two attached hydrogens (primary N) is 1. The van der Waals surface area contributed by atoms with Crippen molar-refractivity contribution in [3.05, 3.63) is 23.2 Å². The molecule has 17 heavy (non-hydrogen) atoms. The van der Waals surface area contributed by atoms with Crippen molar-refractivity contribution >= 4 is 29.1 Å². The highest BCUT2D eigenvalue weighted by molar-refractivity contribution is 7.99. The number of ether oxygens (including phenoxy) is 1. The average molecular weight is 273 g/mol. The Hall–Kier alpha value is -0.420. The van der Waals surface area contributed by atoms with Crippen LogP contribution in [0.5, 0.6) is 0 Å². The molecule has 1 aromatic rings. The largest absolute Gasteiger partial charge is 0.398 e. The lowest BCUT2D eigenvalue weighted by Crippen LogP contribution is -2.41. The fourth-order valence-electron chi connectivity index (χ4n) is 1.80. The van der Waals surface area contributed by atoms with Gasteiger partial charge in [0.25, 0.3) is 0 Å². The predicted molar refractivity (Wildman–Crippen MR) is 73.8 cm³/mol. The Labute approximate surface area is 111 Å². The topological polar surface area (TPSA) is 38.5 Å². The molecule has 0 saturated carbocycles. The quantitative estimate of drug-likeness (QED) is 0.677. The van der Waals surface area contributed by atoms with Gasteiger partial charge in [0.05, 0.1) is 12.7 Å². The van der Waals surface area contributed by atoms with Crippen molar-refractivity contribution in [1.82, 2.24) is 4.90 Å². The monoisotopic (exact) mass is 272 g/mol. The summed E-state index contributed by atoms with van der Waals surface area (Å²) >= 11 is 7.59. The maximum absolute atomic E-state index is 5.91. The van der Waals surface area contributed by atoms with E-state index >= 15 is 0 Å². The molecule has 2 N–H and O–H groups in total. The molecule has 0 amide bonds. The molecule has 0 aromatic heterocycles. The van der Waals surface area contributed by atoms with E-state index in [9.17, 15) is 0 Å². The number of nitrogen functional groups attached to an aromatic ring is 1. The van der Waals surface area contributed by atoms with Crippen molar-refractivity contribution in [2.75, 3.05) is 38.2 Å². The van der Waals surface area contributed by atoms with Crippen LogP contribution in [0.1, 0.15) is 0 Å². The van der Waals surface area contributed by atoms with Crippen LogP contribution >= 0.6 is 23.4 Å². The number of halogens is 1. The summed E-state index contributed by atoms with van der Waals surface area (Å²) in [6, 6.07) is 5.63. The summed E-state index contributed by atoms with van der Waals surface area (Å²) in [7, 11) is 2.12. The minimum Gasteiger partial charge on any atom is -0.398 e. The van der Waals surface area contributed by atoms with Gasteiger partial charge in [-0.2, -0.15) is 0 Å². The van der Waals surface area contributed by atoms with E-state index in [1.54, 1.807) is 17.8 Å². The Morgan fingerprint density at radius 1 is 1.59 bits per heavy atom. The zero-order valence-electron chi connectivity index (χ0n) is 9.86. The molecule has 0 aliphatic carbocycles. The van der Waals surface area contributed by atoms with Crippen LogP contribution in [0.15, 0.2) is 23.1 Å². The first-order valence-corrected chi connectivity index (χ1v) is 6.99. The van der Waals surface area contributed by atoms with Crippen LogP contribution in [0.2, 0.25) is 5.02 Å². The minimum absolute atomic E-state index is 0.286. The number of thioether (sulfide) groups is 1. The van der Waals surface area contributed by atoms with Crippen LogP contribution in [0, 0.1) is 0 Å². The number of anilines is 1. The molecule has 3 nitrogen and oxygen atoms in total. The maximum atomic E-state index is 5.91. The average Bonchev–Trinajstić information content (AvgIpc) is 2.28. The fraction of sp³-hybridized carbons (Fsp3) is 0.500. The molecule has 1 fully saturated rings. The van der Waals surface area contributed by atoms with Gasteiger partial charge in [-0.25, -0.2) is 0 Å².